The number of carbonyl (C=O) groups is 2. The van der Waals surface area contributed by atoms with Crippen LogP contribution in [0.15, 0.2) is 22.0 Å². The van der Waals surface area contributed by atoms with E-state index in [2.05, 4.69) is 15.5 Å². The Morgan fingerprint density at radius 3 is 2.88 bits per heavy atom. The summed E-state index contributed by atoms with van der Waals surface area (Å²) < 4.78 is 5.21. The summed E-state index contributed by atoms with van der Waals surface area (Å²) in [6.45, 7) is 1.25. The summed E-state index contributed by atoms with van der Waals surface area (Å²) in [5.41, 5.74) is 0. The highest BCUT2D eigenvalue weighted by molar-refractivity contribution is 7.13. The van der Waals surface area contributed by atoms with Crippen molar-refractivity contribution in [1.82, 2.24) is 20.4 Å². The third kappa shape index (κ3) is 3.81. The maximum Gasteiger partial charge on any atom is 0.227 e. The molecule has 128 valence electrons. The van der Waals surface area contributed by atoms with Crippen LogP contribution in [0.5, 0.6) is 0 Å². The number of rotatable bonds is 5. The molecule has 24 heavy (non-hydrogen) atoms. The Hall–Kier alpha value is -2.22. The van der Waals surface area contributed by atoms with Crippen LogP contribution >= 0.6 is 11.3 Å². The molecule has 0 aliphatic carbocycles. The number of aryl methyl sites for hydroxylation is 1. The summed E-state index contributed by atoms with van der Waals surface area (Å²) in [6, 6.07) is 3.86. The molecule has 2 aromatic rings. The molecule has 2 amide bonds. The van der Waals surface area contributed by atoms with E-state index in [0.717, 1.165) is 4.88 Å². The second kappa shape index (κ2) is 7.57. The van der Waals surface area contributed by atoms with Gasteiger partial charge in [0.05, 0.1) is 4.88 Å². The lowest BCUT2D eigenvalue weighted by atomic mass is 9.96. The van der Waals surface area contributed by atoms with E-state index in [1.807, 2.05) is 22.4 Å². The zero-order valence-corrected chi connectivity index (χ0v) is 14.3. The van der Waals surface area contributed by atoms with E-state index in [-0.39, 0.29) is 17.7 Å². The molecule has 3 heterocycles. The van der Waals surface area contributed by atoms with Crippen LogP contribution in [0.25, 0.3) is 10.7 Å². The largest absolute Gasteiger partial charge is 0.359 e. The first-order valence-corrected chi connectivity index (χ1v) is 8.91. The minimum atomic E-state index is 0.0170. The molecule has 0 bridgehead atoms. The number of piperidine rings is 1. The van der Waals surface area contributed by atoms with Crippen molar-refractivity contribution in [3.63, 3.8) is 0 Å². The quantitative estimate of drug-likeness (QED) is 0.889. The van der Waals surface area contributed by atoms with Crippen LogP contribution in [0.2, 0.25) is 0 Å². The topological polar surface area (TPSA) is 88.3 Å². The van der Waals surface area contributed by atoms with Gasteiger partial charge in [0.1, 0.15) is 0 Å². The highest BCUT2D eigenvalue weighted by Gasteiger charge is 2.26. The monoisotopic (exact) mass is 348 g/mol. The molecule has 0 atom stereocenters. The minimum absolute atomic E-state index is 0.0170. The molecule has 7 nitrogen and oxygen atoms in total. The van der Waals surface area contributed by atoms with Gasteiger partial charge < -0.3 is 14.7 Å². The van der Waals surface area contributed by atoms with Crippen LogP contribution in [0, 0.1) is 5.92 Å². The number of nitrogens with one attached hydrogen (secondary N) is 1. The molecular formula is C16H20N4O3S. The molecule has 0 radical (unpaired) electrons. The summed E-state index contributed by atoms with van der Waals surface area (Å²) in [7, 11) is 1.65. The van der Waals surface area contributed by atoms with Crippen molar-refractivity contribution in [2.75, 3.05) is 20.1 Å². The first-order valence-electron chi connectivity index (χ1n) is 8.03. The van der Waals surface area contributed by atoms with Crippen LogP contribution in [0.4, 0.5) is 0 Å². The molecule has 3 rings (SSSR count). The van der Waals surface area contributed by atoms with Crippen LogP contribution in [0.3, 0.4) is 0 Å². The van der Waals surface area contributed by atoms with Crippen molar-refractivity contribution >= 4 is 23.2 Å². The number of aromatic nitrogens is 2. The number of thiophene rings is 1. The zero-order valence-electron chi connectivity index (χ0n) is 13.5. The van der Waals surface area contributed by atoms with E-state index in [4.69, 9.17) is 4.52 Å². The lowest BCUT2D eigenvalue weighted by Crippen LogP contribution is -2.42. The van der Waals surface area contributed by atoms with E-state index < -0.39 is 0 Å². The molecule has 1 fully saturated rings. The van der Waals surface area contributed by atoms with E-state index >= 15 is 0 Å². The number of likely N-dealkylation sites (tertiary alicyclic amines) is 1. The third-order valence-corrected chi connectivity index (χ3v) is 5.09. The van der Waals surface area contributed by atoms with Crippen molar-refractivity contribution < 1.29 is 14.1 Å². The second-order valence-electron chi connectivity index (χ2n) is 5.76. The predicted molar refractivity (Wildman–Crippen MR) is 89.3 cm³/mol. The molecule has 0 saturated carbocycles. The van der Waals surface area contributed by atoms with E-state index in [1.165, 1.54) is 0 Å². The van der Waals surface area contributed by atoms with Gasteiger partial charge in [-0.1, -0.05) is 11.2 Å². The van der Waals surface area contributed by atoms with Gasteiger partial charge in [-0.15, -0.1) is 11.3 Å². The zero-order chi connectivity index (χ0) is 16.9. The van der Waals surface area contributed by atoms with Gasteiger partial charge in [0.25, 0.3) is 0 Å². The SMILES string of the molecule is CNC(=O)C1CCN(C(=O)CCc2nc(-c3cccs3)no2)CC1. The summed E-state index contributed by atoms with van der Waals surface area (Å²) in [5, 5.41) is 8.57. The highest BCUT2D eigenvalue weighted by atomic mass is 32.1. The van der Waals surface area contributed by atoms with Crippen molar-refractivity contribution in [3.05, 3.63) is 23.4 Å². The molecule has 1 aliphatic heterocycles. The normalized spacial score (nSPS) is 15.5. The van der Waals surface area contributed by atoms with Gasteiger partial charge in [-0.2, -0.15) is 4.98 Å². The van der Waals surface area contributed by atoms with Gasteiger partial charge in [-0.05, 0) is 24.3 Å². The fraction of sp³-hybridized carbons (Fsp3) is 0.500. The van der Waals surface area contributed by atoms with Gasteiger partial charge >= 0.3 is 0 Å². The first kappa shape index (κ1) is 16.6. The third-order valence-electron chi connectivity index (χ3n) is 4.23. The van der Waals surface area contributed by atoms with E-state index in [1.54, 1.807) is 18.4 Å². The molecule has 1 aliphatic rings. The Morgan fingerprint density at radius 2 is 2.21 bits per heavy atom. The first-order chi connectivity index (χ1) is 11.7. The molecule has 0 aromatic carbocycles. The molecule has 1 saturated heterocycles. The fourth-order valence-electron chi connectivity index (χ4n) is 2.83. The molecular weight excluding hydrogens is 328 g/mol. The van der Waals surface area contributed by atoms with Gasteiger partial charge in [-0.25, -0.2) is 0 Å². The Labute approximate surface area is 144 Å². The number of hydrogen-bond acceptors (Lipinski definition) is 6. The summed E-state index contributed by atoms with van der Waals surface area (Å²) in [5.74, 6) is 1.20. The van der Waals surface area contributed by atoms with Crippen molar-refractivity contribution in [3.8, 4) is 10.7 Å². The smallest absolute Gasteiger partial charge is 0.227 e. The Bertz CT molecular complexity index is 690. The predicted octanol–water partition coefficient (Wildman–Crippen LogP) is 1.72. The van der Waals surface area contributed by atoms with Crippen LogP contribution in [0.1, 0.15) is 25.2 Å². The van der Waals surface area contributed by atoms with Crippen molar-refractivity contribution in [2.45, 2.75) is 25.7 Å². The fourth-order valence-corrected chi connectivity index (χ4v) is 3.48. The summed E-state index contributed by atoms with van der Waals surface area (Å²) in [6.07, 6.45) is 2.21. The molecule has 1 N–H and O–H groups in total. The summed E-state index contributed by atoms with van der Waals surface area (Å²) in [4.78, 5) is 31.0. The average molecular weight is 348 g/mol. The van der Waals surface area contributed by atoms with Gasteiger partial charge in [0.15, 0.2) is 0 Å². The highest BCUT2D eigenvalue weighted by Crippen LogP contribution is 2.22. The Kier molecular flexibility index (Phi) is 5.24. The molecule has 8 heteroatoms. The number of nitrogens with zero attached hydrogens (tertiary/aromatic N) is 3. The molecule has 2 aromatic heterocycles. The second-order valence-corrected chi connectivity index (χ2v) is 6.71. The summed E-state index contributed by atoms with van der Waals surface area (Å²) >= 11 is 1.55. The number of carbonyl (C=O) groups excluding carboxylic acids is 2. The van der Waals surface area contributed by atoms with Crippen LogP contribution in [-0.2, 0) is 16.0 Å². The number of hydrogen-bond donors (Lipinski definition) is 1. The lowest BCUT2D eigenvalue weighted by Gasteiger charge is -2.31. The van der Waals surface area contributed by atoms with E-state index in [0.29, 0.717) is 50.5 Å². The van der Waals surface area contributed by atoms with Crippen LogP contribution in [-0.4, -0.2) is 47.0 Å². The number of amides is 2. The maximum atomic E-state index is 12.3. The lowest BCUT2D eigenvalue weighted by molar-refractivity contribution is -0.135. The van der Waals surface area contributed by atoms with Crippen molar-refractivity contribution in [2.24, 2.45) is 5.92 Å². The molecule has 0 unspecified atom stereocenters. The minimum Gasteiger partial charge on any atom is -0.359 e. The average Bonchev–Trinajstić information content (AvgIpc) is 3.30. The van der Waals surface area contributed by atoms with Crippen molar-refractivity contribution in [1.29, 1.82) is 0 Å². The Balaban J connectivity index is 1.47. The van der Waals surface area contributed by atoms with E-state index in [9.17, 15) is 9.59 Å². The Morgan fingerprint density at radius 1 is 1.42 bits per heavy atom. The maximum absolute atomic E-state index is 12.3. The van der Waals surface area contributed by atoms with Gasteiger partial charge in [0, 0.05) is 38.9 Å². The van der Waals surface area contributed by atoms with Gasteiger partial charge in [0.2, 0.25) is 23.5 Å². The molecule has 0 spiro atoms. The van der Waals surface area contributed by atoms with Gasteiger partial charge in [-0.3, -0.25) is 9.59 Å². The standard InChI is InChI=1S/C16H20N4O3S/c1-17-16(22)11-6-8-20(9-7-11)14(21)5-4-13-18-15(19-23-13)12-3-2-10-24-12/h2-3,10-11H,4-9H2,1H3,(H,17,22). The van der Waals surface area contributed by atoms with Crippen LogP contribution < -0.4 is 5.32 Å².